The number of hydrogen-bond acceptors (Lipinski definition) is 6. The van der Waals surface area contributed by atoms with Gasteiger partial charge in [0.05, 0.1) is 13.7 Å². The van der Waals surface area contributed by atoms with Gasteiger partial charge in [0.2, 0.25) is 0 Å². The van der Waals surface area contributed by atoms with E-state index < -0.39 is 5.97 Å². The van der Waals surface area contributed by atoms with E-state index in [2.05, 4.69) is 5.32 Å². The van der Waals surface area contributed by atoms with E-state index in [1.807, 2.05) is 24.3 Å². The minimum absolute atomic E-state index is 0.0366. The third-order valence-corrected chi connectivity index (χ3v) is 4.54. The Balaban J connectivity index is 1.64. The van der Waals surface area contributed by atoms with Crippen LogP contribution in [0.25, 0.3) is 0 Å². The van der Waals surface area contributed by atoms with Gasteiger partial charge in [-0.3, -0.25) is 9.59 Å². The molecule has 0 atom stereocenters. The van der Waals surface area contributed by atoms with Crippen molar-refractivity contribution in [2.45, 2.75) is 38.6 Å². The minimum atomic E-state index is -0.432. The largest absolute Gasteiger partial charge is 0.496 e. The maximum Gasteiger partial charge on any atom is 0.409 e. The molecule has 1 saturated heterocycles. The van der Waals surface area contributed by atoms with Crippen molar-refractivity contribution in [1.82, 2.24) is 10.2 Å². The quantitative estimate of drug-likeness (QED) is 0.679. The summed E-state index contributed by atoms with van der Waals surface area (Å²) >= 11 is 0. The average molecular weight is 392 g/mol. The molecule has 2 amide bonds. The van der Waals surface area contributed by atoms with Crippen LogP contribution < -0.4 is 10.1 Å². The van der Waals surface area contributed by atoms with Crippen molar-refractivity contribution in [2.75, 3.05) is 33.4 Å². The average Bonchev–Trinajstić information content (AvgIpc) is 2.71. The molecule has 0 saturated carbocycles. The van der Waals surface area contributed by atoms with Crippen LogP contribution in [0, 0.1) is 0 Å². The van der Waals surface area contributed by atoms with Crippen LogP contribution in [0.3, 0.4) is 0 Å². The summed E-state index contributed by atoms with van der Waals surface area (Å²) in [6.07, 6.45) is 1.62. The first-order valence-corrected chi connectivity index (χ1v) is 9.52. The SMILES string of the molecule is CCOC(=O)N1CCC(NC(=O)COC(=O)CCc2ccccc2OC)CC1. The number of benzene rings is 1. The first-order valence-electron chi connectivity index (χ1n) is 9.52. The third kappa shape index (κ3) is 6.75. The zero-order valence-corrected chi connectivity index (χ0v) is 16.4. The summed E-state index contributed by atoms with van der Waals surface area (Å²) in [5, 5.41) is 2.84. The molecule has 1 heterocycles. The lowest BCUT2D eigenvalue weighted by Gasteiger charge is -2.31. The van der Waals surface area contributed by atoms with E-state index in [0.717, 1.165) is 11.3 Å². The molecule has 1 aliphatic heterocycles. The number of nitrogens with one attached hydrogen (secondary N) is 1. The Kier molecular flexibility index (Phi) is 8.58. The second kappa shape index (κ2) is 11.2. The molecule has 0 bridgehead atoms. The highest BCUT2D eigenvalue weighted by Crippen LogP contribution is 2.19. The van der Waals surface area contributed by atoms with Gasteiger partial charge in [-0.2, -0.15) is 0 Å². The van der Waals surface area contributed by atoms with Crippen LogP contribution in [0.5, 0.6) is 5.75 Å². The Bertz CT molecular complexity index is 670. The van der Waals surface area contributed by atoms with Crippen molar-refractivity contribution in [3.05, 3.63) is 29.8 Å². The Morgan fingerprint density at radius 3 is 2.54 bits per heavy atom. The van der Waals surface area contributed by atoms with Gasteiger partial charge in [-0.05, 0) is 37.8 Å². The van der Waals surface area contributed by atoms with E-state index in [9.17, 15) is 14.4 Å². The minimum Gasteiger partial charge on any atom is -0.496 e. The number of hydrogen-bond donors (Lipinski definition) is 1. The van der Waals surface area contributed by atoms with Crippen LogP contribution in [0.4, 0.5) is 4.79 Å². The van der Waals surface area contributed by atoms with Crippen LogP contribution >= 0.6 is 0 Å². The summed E-state index contributed by atoms with van der Waals surface area (Å²) in [7, 11) is 1.58. The molecule has 0 radical (unpaired) electrons. The van der Waals surface area contributed by atoms with Crippen molar-refractivity contribution in [3.63, 3.8) is 0 Å². The topological polar surface area (TPSA) is 94.2 Å². The monoisotopic (exact) mass is 392 g/mol. The molecule has 8 nitrogen and oxygen atoms in total. The van der Waals surface area contributed by atoms with Gasteiger partial charge in [0.15, 0.2) is 6.61 Å². The highest BCUT2D eigenvalue weighted by Gasteiger charge is 2.24. The fraction of sp³-hybridized carbons (Fsp3) is 0.550. The van der Waals surface area contributed by atoms with Gasteiger partial charge < -0.3 is 24.4 Å². The predicted molar refractivity (Wildman–Crippen MR) is 102 cm³/mol. The number of likely N-dealkylation sites (tertiary alicyclic amines) is 1. The van der Waals surface area contributed by atoms with Gasteiger partial charge >= 0.3 is 12.1 Å². The van der Waals surface area contributed by atoms with E-state index in [1.165, 1.54) is 0 Å². The second-order valence-electron chi connectivity index (χ2n) is 6.50. The van der Waals surface area contributed by atoms with Crippen LogP contribution in [-0.4, -0.2) is 62.3 Å². The molecular weight excluding hydrogens is 364 g/mol. The fourth-order valence-corrected chi connectivity index (χ4v) is 3.05. The van der Waals surface area contributed by atoms with E-state index in [-0.39, 0.29) is 31.1 Å². The number of aryl methyl sites for hydroxylation is 1. The summed E-state index contributed by atoms with van der Waals surface area (Å²) in [5.74, 6) is -0.0411. The predicted octanol–water partition coefficient (Wildman–Crippen LogP) is 1.91. The van der Waals surface area contributed by atoms with Crippen LogP contribution in [0.2, 0.25) is 0 Å². The molecule has 8 heteroatoms. The molecule has 28 heavy (non-hydrogen) atoms. The lowest BCUT2D eigenvalue weighted by molar-refractivity contribution is -0.148. The fourth-order valence-electron chi connectivity index (χ4n) is 3.05. The van der Waals surface area contributed by atoms with Gasteiger partial charge in [-0.25, -0.2) is 4.79 Å². The lowest BCUT2D eigenvalue weighted by Crippen LogP contribution is -2.47. The van der Waals surface area contributed by atoms with Crippen molar-refractivity contribution >= 4 is 18.0 Å². The molecular formula is C20H28N2O6. The van der Waals surface area contributed by atoms with Gasteiger partial charge in [-0.1, -0.05) is 18.2 Å². The molecule has 0 unspecified atom stereocenters. The Labute approximate surface area is 165 Å². The van der Waals surface area contributed by atoms with Crippen molar-refractivity contribution in [3.8, 4) is 5.75 Å². The number of nitrogens with zero attached hydrogens (tertiary/aromatic N) is 1. The van der Waals surface area contributed by atoms with Gasteiger partial charge in [0.25, 0.3) is 5.91 Å². The van der Waals surface area contributed by atoms with E-state index in [0.29, 0.717) is 39.0 Å². The summed E-state index contributed by atoms with van der Waals surface area (Å²) in [4.78, 5) is 37.2. The number of para-hydroxylation sites is 1. The number of piperidine rings is 1. The maximum absolute atomic E-state index is 12.0. The molecule has 0 aromatic heterocycles. The molecule has 0 aliphatic carbocycles. The number of esters is 1. The Hall–Kier alpha value is -2.77. The summed E-state index contributed by atoms with van der Waals surface area (Å²) in [5.41, 5.74) is 0.916. The number of ether oxygens (including phenoxy) is 3. The highest BCUT2D eigenvalue weighted by atomic mass is 16.6. The number of methoxy groups -OCH3 is 1. The molecule has 1 aliphatic rings. The number of carbonyl (C=O) groups excluding carboxylic acids is 3. The second-order valence-corrected chi connectivity index (χ2v) is 6.50. The van der Waals surface area contributed by atoms with Crippen LogP contribution in [0.1, 0.15) is 31.7 Å². The van der Waals surface area contributed by atoms with Gasteiger partial charge in [0.1, 0.15) is 5.75 Å². The van der Waals surface area contributed by atoms with Gasteiger partial charge in [-0.15, -0.1) is 0 Å². The molecule has 0 spiro atoms. The Morgan fingerprint density at radius 1 is 1.14 bits per heavy atom. The summed E-state index contributed by atoms with van der Waals surface area (Å²) in [6.45, 7) is 2.87. The smallest absolute Gasteiger partial charge is 0.409 e. The summed E-state index contributed by atoms with van der Waals surface area (Å²) < 4.78 is 15.3. The maximum atomic E-state index is 12.0. The van der Waals surface area contributed by atoms with Crippen LogP contribution in [0.15, 0.2) is 24.3 Å². The third-order valence-electron chi connectivity index (χ3n) is 4.54. The molecule has 1 aromatic rings. The standard InChI is InChI=1S/C20H28N2O6/c1-3-27-20(25)22-12-10-16(11-13-22)21-18(23)14-28-19(24)9-8-15-6-4-5-7-17(15)26-2/h4-7,16H,3,8-14H2,1-2H3,(H,21,23). The number of carbonyl (C=O) groups is 3. The van der Waals surface area contributed by atoms with Crippen molar-refractivity contribution < 1.29 is 28.6 Å². The van der Waals surface area contributed by atoms with Gasteiger partial charge in [0, 0.05) is 25.6 Å². The number of rotatable bonds is 8. The van der Waals surface area contributed by atoms with Crippen molar-refractivity contribution in [1.29, 1.82) is 0 Å². The first-order chi connectivity index (χ1) is 13.5. The van der Waals surface area contributed by atoms with Crippen LogP contribution in [-0.2, 0) is 25.5 Å². The highest BCUT2D eigenvalue weighted by molar-refractivity contribution is 5.80. The lowest BCUT2D eigenvalue weighted by atomic mass is 10.1. The van der Waals surface area contributed by atoms with E-state index in [1.54, 1.807) is 18.9 Å². The first kappa shape index (κ1) is 21.5. The Morgan fingerprint density at radius 2 is 1.86 bits per heavy atom. The molecule has 154 valence electrons. The summed E-state index contributed by atoms with van der Waals surface area (Å²) in [6, 6.07) is 7.43. The van der Waals surface area contributed by atoms with E-state index >= 15 is 0 Å². The zero-order chi connectivity index (χ0) is 20.4. The number of amides is 2. The van der Waals surface area contributed by atoms with E-state index in [4.69, 9.17) is 14.2 Å². The molecule has 1 N–H and O–H groups in total. The zero-order valence-electron chi connectivity index (χ0n) is 16.4. The normalized spacial score (nSPS) is 14.3. The molecule has 2 rings (SSSR count). The van der Waals surface area contributed by atoms with Crippen molar-refractivity contribution in [2.24, 2.45) is 0 Å². The molecule has 1 fully saturated rings. The molecule has 1 aromatic carbocycles.